The second-order valence-corrected chi connectivity index (χ2v) is 5.11. The van der Waals surface area contributed by atoms with E-state index >= 15 is 0 Å². The van der Waals surface area contributed by atoms with Gasteiger partial charge in [-0.1, -0.05) is 66.8 Å². The lowest BCUT2D eigenvalue weighted by atomic mass is 9.97. The number of ether oxygens (including phenoxy) is 2. The Kier molecular flexibility index (Phi) is 8.88. The Labute approximate surface area is 139 Å². The van der Waals surface area contributed by atoms with Crippen molar-refractivity contribution in [3.8, 4) is 0 Å². The zero-order valence-corrected chi connectivity index (χ0v) is 14.2. The summed E-state index contributed by atoms with van der Waals surface area (Å²) in [4.78, 5) is 12.3. The van der Waals surface area contributed by atoms with Gasteiger partial charge in [-0.25, -0.2) is 0 Å². The Hall–Kier alpha value is -1.97. The van der Waals surface area contributed by atoms with E-state index in [2.05, 4.69) is 0 Å². The lowest BCUT2D eigenvalue weighted by Crippen LogP contribution is -2.38. The molecule has 0 amide bonds. The smallest absolute Gasteiger partial charge is 0.201 e. The van der Waals surface area contributed by atoms with Gasteiger partial charge in [0.1, 0.15) is 5.78 Å². The van der Waals surface area contributed by atoms with Crippen molar-refractivity contribution >= 4 is 5.78 Å². The molecule has 1 rings (SSSR count). The minimum absolute atomic E-state index is 0.0620. The highest BCUT2D eigenvalue weighted by atomic mass is 16.7. The number of allylic oxidation sites excluding steroid dienone is 10. The normalized spacial score (nSPS) is 15.7. The van der Waals surface area contributed by atoms with E-state index in [0.29, 0.717) is 6.42 Å². The molecule has 0 aliphatic heterocycles. The predicted molar refractivity (Wildman–Crippen MR) is 95.1 cm³/mol. The summed E-state index contributed by atoms with van der Waals surface area (Å²) in [5.41, 5.74) is 0.849. The molecular weight excluding hydrogens is 288 g/mol. The predicted octanol–water partition coefficient (Wildman–Crippen LogP) is 4.46. The van der Waals surface area contributed by atoms with E-state index < -0.39 is 5.79 Å². The molecule has 0 N–H and O–H groups in total. The quantitative estimate of drug-likeness (QED) is 0.466. The van der Waals surface area contributed by atoms with E-state index in [1.807, 2.05) is 73.8 Å². The minimum atomic E-state index is -1.03. The number of hydrogen-bond acceptors (Lipinski definition) is 3. The first-order chi connectivity index (χ1) is 11.2. The number of carbonyl (C=O) groups is 1. The van der Waals surface area contributed by atoms with E-state index in [0.717, 1.165) is 12.0 Å². The highest BCUT2D eigenvalue weighted by Gasteiger charge is 2.35. The maximum Gasteiger partial charge on any atom is 0.201 e. The molecule has 0 bridgehead atoms. The highest BCUT2D eigenvalue weighted by molar-refractivity contribution is 5.81. The summed E-state index contributed by atoms with van der Waals surface area (Å²) in [7, 11) is 3.13. The average Bonchev–Trinajstić information content (AvgIpc) is 2.85. The van der Waals surface area contributed by atoms with E-state index in [4.69, 9.17) is 9.47 Å². The molecule has 0 aromatic rings. The third-order valence-corrected chi connectivity index (χ3v) is 3.52. The average molecular weight is 314 g/mol. The van der Waals surface area contributed by atoms with E-state index in [9.17, 15) is 4.79 Å². The Balaban J connectivity index is 2.73. The van der Waals surface area contributed by atoms with Gasteiger partial charge in [0.15, 0.2) is 0 Å². The van der Waals surface area contributed by atoms with Gasteiger partial charge in [-0.2, -0.15) is 0 Å². The fourth-order valence-corrected chi connectivity index (χ4v) is 2.25. The standard InChI is InChI=1S/C20H26O3/c1-4-5-6-7-8-13-16-19(21)17-20(22-2,23-3)18-14-11-9-10-12-15-18/h4-9,11-15H,10,16-17H2,1-3H3/b5-4-,7-6-,13-8-. The van der Waals surface area contributed by atoms with Gasteiger partial charge >= 0.3 is 0 Å². The van der Waals surface area contributed by atoms with E-state index in [-0.39, 0.29) is 12.2 Å². The topological polar surface area (TPSA) is 35.5 Å². The number of hydrogen-bond donors (Lipinski definition) is 0. The number of methoxy groups -OCH3 is 2. The van der Waals surface area contributed by atoms with Gasteiger partial charge in [0.2, 0.25) is 5.79 Å². The fraction of sp³-hybridized carbons (Fsp3) is 0.350. The first kappa shape index (κ1) is 19.1. The van der Waals surface area contributed by atoms with Gasteiger partial charge in [0, 0.05) is 26.2 Å². The second-order valence-electron chi connectivity index (χ2n) is 5.11. The molecule has 0 saturated carbocycles. The van der Waals surface area contributed by atoms with Crippen molar-refractivity contribution in [2.45, 2.75) is 32.0 Å². The van der Waals surface area contributed by atoms with Crippen molar-refractivity contribution < 1.29 is 14.3 Å². The lowest BCUT2D eigenvalue weighted by molar-refractivity contribution is -0.182. The molecule has 3 heteroatoms. The molecular formula is C20H26O3. The first-order valence-electron chi connectivity index (χ1n) is 7.79. The summed E-state index contributed by atoms with van der Waals surface area (Å²) in [5, 5.41) is 0. The molecule has 0 spiro atoms. The van der Waals surface area contributed by atoms with Crippen LogP contribution in [0.4, 0.5) is 0 Å². The van der Waals surface area contributed by atoms with Gasteiger partial charge in [-0.15, -0.1) is 0 Å². The number of ketones is 1. The highest BCUT2D eigenvalue weighted by Crippen LogP contribution is 2.29. The summed E-state index contributed by atoms with van der Waals surface area (Å²) in [6.07, 6.45) is 22.7. The molecule has 0 fully saturated rings. The van der Waals surface area contributed by atoms with Crippen molar-refractivity contribution in [1.82, 2.24) is 0 Å². The zero-order chi connectivity index (χ0) is 17.0. The van der Waals surface area contributed by atoms with Crippen LogP contribution in [-0.2, 0) is 14.3 Å². The summed E-state index contributed by atoms with van der Waals surface area (Å²) < 4.78 is 11.1. The van der Waals surface area contributed by atoms with Gasteiger partial charge in [-0.3, -0.25) is 4.79 Å². The summed E-state index contributed by atoms with van der Waals surface area (Å²) >= 11 is 0. The first-order valence-corrected chi connectivity index (χ1v) is 7.79. The third kappa shape index (κ3) is 6.35. The van der Waals surface area contributed by atoms with E-state index in [1.54, 1.807) is 14.2 Å². The monoisotopic (exact) mass is 314 g/mol. The molecule has 0 saturated heterocycles. The number of carbonyl (C=O) groups excluding carboxylic acids is 1. The Bertz CT molecular complexity index is 541. The second kappa shape index (κ2) is 10.7. The van der Waals surface area contributed by atoms with Crippen LogP contribution in [0.25, 0.3) is 0 Å². The molecule has 0 radical (unpaired) electrons. The molecule has 1 aliphatic rings. The molecule has 23 heavy (non-hydrogen) atoms. The van der Waals surface area contributed by atoms with Crippen LogP contribution in [0.2, 0.25) is 0 Å². The van der Waals surface area contributed by atoms with Crippen molar-refractivity contribution in [3.05, 3.63) is 72.4 Å². The van der Waals surface area contributed by atoms with Crippen LogP contribution < -0.4 is 0 Å². The van der Waals surface area contributed by atoms with Gasteiger partial charge < -0.3 is 9.47 Å². The largest absolute Gasteiger partial charge is 0.349 e. The van der Waals surface area contributed by atoms with Crippen molar-refractivity contribution in [3.63, 3.8) is 0 Å². The van der Waals surface area contributed by atoms with Crippen LogP contribution in [0.15, 0.2) is 72.4 Å². The zero-order valence-electron chi connectivity index (χ0n) is 14.2. The molecule has 3 nitrogen and oxygen atoms in total. The van der Waals surface area contributed by atoms with Crippen LogP contribution in [0.1, 0.15) is 26.2 Å². The van der Waals surface area contributed by atoms with Crippen LogP contribution in [0, 0.1) is 0 Å². The Morgan fingerprint density at radius 3 is 2.61 bits per heavy atom. The lowest BCUT2D eigenvalue weighted by Gasteiger charge is -2.31. The minimum Gasteiger partial charge on any atom is -0.349 e. The molecule has 0 aromatic carbocycles. The van der Waals surface area contributed by atoms with Crippen molar-refractivity contribution in [2.24, 2.45) is 0 Å². The third-order valence-electron chi connectivity index (χ3n) is 3.52. The molecule has 0 heterocycles. The van der Waals surface area contributed by atoms with Gasteiger partial charge in [0.25, 0.3) is 0 Å². The maximum absolute atomic E-state index is 12.3. The summed E-state index contributed by atoms with van der Waals surface area (Å²) in [5.74, 6) is -0.969. The summed E-state index contributed by atoms with van der Waals surface area (Å²) in [6.45, 7) is 1.96. The van der Waals surface area contributed by atoms with Gasteiger partial charge in [0.05, 0.1) is 6.42 Å². The molecule has 0 aromatic heterocycles. The molecule has 0 unspecified atom stereocenters. The Morgan fingerprint density at radius 1 is 1.17 bits per heavy atom. The van der Waals surface area contributed by atoms with Gasteiger partial charge in [-0.05, 0) is 13.3 Å². The maximum atomic E-state index is 12.3. The SMILES string of the molecule is C\C=C/C=C\C=C/CC(=O)CC(OC)(OC)C1=CC=CCC=C1. The Morgan fingerprint density at radius 2 is 1.91 bits per heavy atom. The van der Waals surface area contributed by atoms with Crippen LogP contribution >= 0.6 is 0 Å². The van der Waals surface area contributed by atoms with E-state index in [1.165, 1.54) is 0 Å². The number of rotatable bonds is 9. The summed E-state index contributed by atoms with van der Waals surface area (Å²) in [6, 6.07) is 0. The molecule has 1 aliphatic carbocycles. The van der Waals surface area contributed by atoms with Crippen LogP contribution in [-0.4, -0.2) is 25.8 Å². The van der Waals surface area contributed by atoms with Crippen molar-refractivity contribution in [2.75, 3.05) is 14.2 Å². The number of Topliss-reactive ketones (excluding diaryl/α,β-unsaturated/α-hetero) is 1. The van der Waals surface area contributed by atoms with Crippen LogP contribution in [0.3, 0.4) is 0 Å². The molecule has 124 valence electrons. The van der Waals surface area contributed by atoms with Crippen molar-refractivity contribution in [1.29, 1.82) is 0 Å². The molecule has 0 atom stereocenters. The van der Waals surface area contributed by atoms with Crippen LogP contribution in [0.5, 0.6) is 0 Å². The fourth-order valence-electron chi connectivity index (χ4n) is 2.25.